The summed E-state index contributed by atoms with van der Waals surface area (Å²) in [5.74, 6) is 2.85. The second kappa shape index (κ2) is 8.81. The summed E-state index contributed by atoms with van der Waals surface area (Å²) in [4.78, 5) is 12.5. The average Bonchev–Trinajstić information content (AvgIpc) is 2.43. The Hall–Kier alpha value is -1.40. The van der Waals surface area contributed by atoms with Crippen LogP contribution < -0.4 is 0 Å². The smallest absolute Gasteiger partial charge is 0.418 e. The molecule has 0 fully saturated rings. The summed E-state index contributed by atoms with van der Waals surface area (Å²) in [5, 5.41) is 0. The second-order valence-corrected chi connectivity index (χ2v) is 7.60. The first-order valence-corrected chi connectivity index (χ1v) is 8.47. The molecule has 0 radical (unpaired) electrons. The van der Waals surface area contributed by atoms with Gasteiger partial charge in [0.15, 0.2) is 0 Å². The number of hydrogen-bond donors (Lipinski definition) is 0. The molecule has 1 aromatic rings. The SMILES string of the molecule is CC(C)C(=O)C(C)(C)c1cc(C(C)C)[o+]c(C(C)C)c1.F[B-](F)(F)F. The average molecular weight is 364 g/mol. The Labute approximate surface area is 148 Å². The van der Waals surface area contributed by atoms with E-state index >= 15 is 0 Å². The van der Waals surface area contributed by atoms with Crippen molar-refractivity contribution in [1.82, 2.24) is 0 Å². The highest BCUT2D eigenvalue weighted by molar-refractivity contribution is 6.50. The lowest BCUT2D eigenvalue weighted by Gasteiger charge is -2.25. The first-order chi connectivity index (χ1) is 11.1. The number of rotatable bonds is 5. The zero-order chi connectivity index (χ0) is 20.2. The van der Waals surface area contributed by atoms with Gasteiger partial charge in [-0.2, -0.15) is 0 Å². The highest BCUT2D eigenvalue weighted by atomic mass is 19.5. The molecule has 0 amide bonds. The third-order valence-corrected chi connectivity index (χ3v) is 3.83. The molecule has 0 unspecified atom stereocenters. The van der Waals surface area contributed by atoms with Crippen molar-refractivity contribution in [1.29, 1.82) is 0 Å². The molecule has 25 heavy (non-hydrogen) atoms. The van der Waals surface area contributed by atoms with Crippen LogP contribution in [0.3, 0.4) is 0 Å². The highest BCUT2D eigenvalue weighted by Crippen LogP contribution is 2.32. The van der Waals surface area contributed by atoms with E-state index in [9.17, 15) is 22.1 Å². The lowest BCUT2D eigenvalue weighted by atomic mass is 9.76. The molecule has 0 spiro atoms. The van der Waals surface area contributed by atoms with Gasteiger partial charge in [-0.1, -0.05) is 41.5 Å². The molecular weight excluding hydrogens is 335 g/mol. The molecule has 0 aliphatic rings. The molecule has 1 heterocycles. The molecule has 0 aliphatic heterocycles. The molecule has 0 aromatic carbocycles. The third-order valence-electron chi connectivity index (χ3n) is 3.83. The molecule has 0 aliphatic carbocycles. The molecule has 7 heteroatoms. The first kappa shape index (κ1) is 23.6. The fourth-order valence-corrected chi connectivity index (χ4v) is 2.34. The van der Waals surface area contributed by atoms with E-state index in [2.05, 4.69) is 39.8 Å². The number of hydrogen-bond acceptors (Lipinski definition) is 1. The summed E-state index contributed by atoms with van der Waals surface area (Å²) in [7, 11) is -6.00. The fraction of sp³-hybridized carbons (Fsp3) is 0.667. The lowest BCUT2D eigenvalue weighted by Crippen LogP contribution is -2.33. The first-order valence-electron chi connectivity index (χ1n) is 8.47. The summed E-state index contributed by atoms with van der Waals surface area (Å²) >= 11 is 0. The largest absolute Gasteiger partial charge is 0.673 e. The van der Waals surface area contributed by atoms with Crippen LogP contribution in [0.15, 0.2) is 16.5 Å². The van der Waals surface area contributed by atoms with Crippen molar-refractivity contribution >= 4 is 13.0 Å². The molecular formula is C18H29BF4O2. The zero-order valence-electron chi connectivity index (χ0n) is 16.3. The van der Waals surface area contributed by atoms with Crippen molar-refractivity contribution in [2.45, 2.75) is 72.6 Å². The monoisotopic (exact) mass is 364 g/mol. The molecule has 0 saturated heterocycles. The van der Waals surface area contributed by atoms with Crippen molar-refractivity contribution in [2.24, 2.45) is 5.92 Å². The Balaban J connectivity index is 0.00000101. The van der Waals surface area contributed by atoms with Crippen LogP contribution in [0, 0.1) is 5.92 Å². The van der Waals surface area contributed by atoms with E-state index in [4.69, 9.17) is 4.42 Å². The van der Waals surface area contributed by atoms with Crippen LogP contribution in [0.4, 0.5) is 17.3 Å². The minimum Gasteiger partial charge on any atom is -0.418 e. The maximum Gasteiger partial charge on any atom is 0.673 e. The van der Waals surface area contributed by atoms with Crippen molar-refractivity contribution in [3.63, 3.8) is 0 Å². The van der Waals surface area contributed by atoms with Gasteiger partial charge in [-0.3, -0.25) is 4.79 Å². The van der Waals surface area contributed by atoms with Crippen LogP contribution in [-0.2, 0) is 10.2 Å². The molecule has 1 aromatic heterocycles. The van der Waals surface area contributed by atoms with E-state index in [1.807, 2.05) is 27.7 Å². The van der Waals surface area contributed by atoms with Gasteiger partial charge in [-0.05, 0) is 19.4 Å². The number of halogens is 4. The van der Waals surface area contributed by atoms with Crippen molar-refractivity contribution in [2.75, 3.05) is 0 Å². The number of Topliss-reactive ketones (excluding diaryl/α,β-unsaturated/α-hetero) is 1. The zero-order valence-corrected chi connectivity index (χ0v) is 16.3. The molecule has 1 rings (SSSR count). The standard InChI is InChI=1S/C18H29O2.BF4/c1-11(2)15-9-14(10-16(20-15)12(3)4)18(7,8)17(19)13(5)6;2-1(3,4)5/h9-13H,1-8H3;/q+1;-1. The minimum atomic E-state index is -6.00. The molecule has 0 bridgehead atoms. The number of carbonyl (C=O) groups is 1. The summed E-state index contributed by atoms with van der Waals surface area (Å²) in [6.07, 6.45) is 0. The van der Waals surface area contributed by atoms with Crippen LogP contribution in [0.25, 0.3) is 0 Å². The predicted molar refractivity (Wildman–Crippen MR) is 94.4 cm³/mol. The van der Waals surface area contributed by atoms with E-state index in [1.54, 1.807) is 0 Å². The summed E-state index contributed by atoms with van der Waals surface area (Å²) in [6.45, 7) is 16.4. The van der Waals surface area contributed by atoms with Gasteiger partial charge < -0.3 is 17.3 Å². The van der Waals surface area contributed by atoms with Gasteiger partial charge in [0, 0.05) is 23.5 Å². The van der Waals surface area contributed by atoms with E-state index < -0.39 is 12.7 Å². The van der Waals surface area contributed by atoms with E-state index in [0.29, 0.717) is 11.8 Å². The molecule has 144 valence electrons. The molecule has 2 nitrogen and oxygen atoms in total. The summed E-state index contributed by atoms with van der Waals surface area (Å²) in [6, 6.07) is 4.10. The number of ketones is 1. The van der Waals surface area contributed by atoms with E-state index in [-0.39, 0.29) is 11.7 Å². The van der Waals surface area contributed by atoms with Gasteiger partial charge in [0.2, 0.25) is 0 Å². The topological polar surface area (TPSA) is 28.4 Å². The van der Waals surface area contributed by atoms with Crippen LogP contribution in [-0.4, -0.2) is 13.0 Å². The maximum atomic E-state index is 12.5. The maximum absolute atomic E-state index is 12.5. The third kappa shape index (κ3) is 8.01. The van der Waals surface area contributed by atoms with Crippen LogP contribution >= 0.6 is 0 Å². The van der Waals surface area contributed by atoms with Gasteiger partial charge in [0.05, 0.1) is 11.8 Å². The highest BCUT2D eigenvalue weighted by Gasteiger charge is 2.35. The molecule has 0 N–H and O–H groups in total. The minimum absolute atomic E-state index is 0.0344. The quantitative estimate of drug-likeness (QED) is 0.334. The normalized spacial score (nSPS) is 12.4. The Morgan fingerprint density at radius 2 is 1.24 bits per heavy atom. The van der Waals surface area contributed by atoms with Gasteiger partial charge in [-0.15, -0.1) is 0 Å². The second-order valence-electron chi connectivity index (χ2n) is 7.60. The van der Waals surface area contributed by atoms with Gasteiger partial charge in [0.25, 0.3) is 0 Å². The van der Waals surface area contributed by atoms with E-state index in [0.717, 1.165) is 17.1 Å². The predicted octanol–water partition coefficient (Wildman–Crippen LogP) is 6.61. The van der Waals surface area contributed by atoms with Gasteiger partial charge >= 0.3 is 18.8 Å². The lowest BCUT2D eigenvalue weighted by molar-refractivity contribution is -0.126. The summed E-state index contributed by atoms with van der Waals surface area (Å²) in [5.41, 5.74) is 0.591. The Bertz CT molecular complexity index is 547. The number of carbonyl (C=O) groups excluding carboxylic acids is 1. The van der Waals surface area contributed by atoms with Crippen molar-refractivity contribution in [3.8, 4) is 0 Å². The van der Waals surface area contributed by atoms with E-state index in [1.165, 1.54) is 0 Å². The van der Waals surface area contributed by atoms with Crippen LogP contribution in [0.1, 0.15) is 84.3 Å². The Morgan fingerprint density at radius 3 is 1.48 bits per heavy atom. The van der Waals surface area contributed by atoms with Crippen molar-refractivity contribution < 1.29 is 26.5 Å². The van der Waals surface area contributed by atoms with Gasteiger partial charge in [-0.25, -0.2) is 4.42 Å². The Kier molecular flexibility index (Phi) is 8.32. The Morgan fingerprint density at radius 1 is 0.920 bits per heavy atom. The van der Waals surface area contributed by atoms with Crippen LogP contribution in [0.2, 0.25) is 0 Å². The van der Waals surface area contributed by atoms with Crippen LogP contribution in [0.5, 0.6) is 0 Å². The molecule has 0 atom stereocenters. The summed E-state index contributed by atoms with van der Waals surface area (Å²) < 4.78 is 45.0. The molecule has 0 saturated carbocycles. The fourth-order valence-electron chi connectivity index (χ4n) is 2.34. The van der Waals surface area contributed by atoms with Crippen molar-refractivity contribution in [3.05, 3.63) is 29.2 Å². The van der Waals surface area contributed by atoms with Gasteiger partial charge in [0.1, 0.15) is 5.78 Å².